The van der Waals surface area contributed by atoms with Crippen LogP contribution in [0.2, 0.25) is 0 Å². The molecule has 1 unspecified atom stereocenters. The number of benzene rings is 1. The molecule has 5 heteroatoms. The van der Waals surface area contributed by atoms with Crippen molar-refractivity contribution >= 4 is 28.4 Å². The number of hydrogen-bond acceptors (Lipinski definition) is 4. The molecule has 21 heavy (non-hydrogen) atoms. The first-order chi connectivity index (χ1) is 10.3. The fourth-order valence-electron chi connectivity index (χ4n) is 2.64. The topological polar surface area (TPSA) is 53.4 Å². The van der Waals surface area contributed by atoms with E-state index in [1.54, 1.807) is 6.20 Å². The van der Waals surface area contributed by atoms with Crippen molar-refractivity contribution in [3.05, 3.63) is 36.5 Å². The van der Waals surface area contributed by atoms with Crippen molar-refractivity contribution in [3.63, 3.8) is 0 Å². The van der Waals surface area contributed by atoms with Gasteiger partial charge >= 0.3 is 0 Å². The molecule has 1 aromatic carbocycles. The SMILES string of the molecule is O=C(CSc1nccc2ccccc12)N1CCC(CO)C1. The summed E-state index contributed by atoms with van der Waals surface area (Å²) in [5.74, 6) is 0.777. The number of aliphatic hydroxyl groups is 1. The number of aliphatic hydroxyl groups excluding tert-OH is 1. The molecule has 1 aliphatic rings. The first-order valence-corrected chi connectivity index (χ1v) is 8.11. The number of aromatic nitrogens is 1. The van der Waals surface area contributed by atoms with Crippen LogP contribution in [0.15, 0.2) is 41.6 Å². The Kier molecular flexibility index (Phi) is 4.41. The van der Waals surface area contributed by atoms with Crippen LogP contribution in [-0.4, -0.2) is 46.3 Å². The number of nitrogens with zero attached hydrogens (tertiary/aromatic N) is 2. The molecule has 0 aliphatic carbocycles. The first kappa shape index (κ1) is 14.4. The zero-order chi connectivity index (χ0) is 14.7. The molecule has 1 N–H and O–H groups in total. The molecule has 3 rings (SSSR count). The summed E-state index contributed by atoms with van der Waals surface area (Å²) in [5.41, 5.74) is 0. The summed E-state index contributed by atoms with van der Waals surface area (Å²) in [7, 11) is 0. The maximum atomic E-state index is 12.2. The van der Waals surface area contributed by atoms with Crippen LogP contribution in [-0.2, 0) is 4.79 Å². The van der Waals surface area contributed by atoms with Crippen molar-refractivity contribution in [1.29, 1.82) is 0 Å². The number of fused-ring (bicyclic) bond motifs is 1. The summed E-state index contributed by atoms with van der Waals surface area (Å²) in [6, 6.07) is 10.1. The van der Waals surface area contributed by atoms with Gasteiger partial charge in [0.05, 0.1) is 5.75 Å². The normalized spacial score (nSPS) is 18.3. The number of carbonyl (C=O) groups excluding carboxylic acids is 1. The van der Waals surface area contributed by atoms with Crippen LogP contribution in [0.3, 0.4) is 0 Å². The van der Waals surface area contributed by atoms with Gasteiger partial charge in [0.15, 0.2) is 0 Å². The van der Waals surface area contributed by atoms with Crippen LogP contribution in [0.5, 0.6) is 0 Å². The van der Waals surface area contributed by atoms with Crippen molar-refractivity contribution in [2.24, 2.45) is 5.92 Å². The van der Waals surface area contributed by atoms with Gasteiger partial charge in [0.2, 0.25) is 5.91 Å². The summed E-state index contributed by atoms with van der Waals surface area (Å²) < 4.78 is 0. The van der Waals surface area contributed by atoms with Crippen molar-refractivity contribution in [2.45, 2.75) is 11.4 Å². The Balaban J connectivity index is 1.65. The molecule has 4 nitrogen and oxygen atoms in total. The van der Waals surface area contributed by atoms with Gasteiger partial charge < -0.3 is 10.0 Å². The second-order valence-electron chi connectivity index (χ2n) is 5.30. The average molecular weight is 302 g/mol. The molecule has 0 bridgehead atoms. The van der Waals surface area contributed by atoms with E-state index in [2.05, 4.69) is 11.1 Å². The molecular weight excluding hydrogens is 284 g/mol. The van der Waals surface area contributed by atoms with E-state index in [-0.39, 0.29) is 18.4 Å². The monoisotopic (exact) mass is 302 g/mol. The minimum absolute atomic E-state index is 0.130. The third kappa shape index (κ3) is 3.19. The molecule has 0 spiro atoms. The number of hydrogen-bond donors (Lipinski definition) is 1. The maximum Gasteiger partial charge on any atom is 0.233 e. The molecule has 1 amide bonds. The van der Waals surface area contributed by atoms with E-state index in [0.717, 1.165) is 28.8 Å². The molecule has 1 saturated heterocycles. The number of pyridine rings is 1. The van der Waals surface area contributed by atoms with Gasteiger partial charge in [-0.3, -0.25) is 4.79 Å². The van der Waals surface area contributed by atoms with Gasteiger partial charge in [-0.25, -0.2) is 4.98 Å². The van der Waals surface area contributed by atoms with E-state index < -0.39 is 0 Å². The molecule has 2 heterocycles. The molecular formula is C16H18N2O2S. The fraction of sp³-hybridized carbons (Fsp3) is 0.375. The lowest BCUT2D eigenvalue weighted by Crippen LogP contribution is -2.30. The third-order valence-corrected chi connectivity index (χ3v) is 4.86. The quantitative estimate of drug-likeness (QED) is 0.880. The predicted molar refractivity (Wildman–Crippen MR) is 84.2 cm³/mol. The highest BCUT2D eigenvalue weighted by molar-refractivity contribution is 8.00. The lowest BCUT2D eigenvalue weighted by Gasteiger charge is -2.15. The summed E-state index contributed by atoms with van der Waals surface area (Å²) >= 11 is 1.49. The summed E-state index contributed by atoms with van der Waals surface area (Å²) in [6.07, 6.45) is 2.69. The van der Waals surface area contributed by atoms with Crippen LogP contribution in [0.1, 0.15) is 6.42 Å². The number of amides is 1. The number of thioether (sulfide) groups is 1. The van der Waals surface area contributed by atoms with E-state index in [9.17, 15) is 4.79 Å². The molecule has 1 aliphatic heterocycles. The first-order valence-electron chi connectivity index (χ1n) is 7.13. The smallest absolute Gasteiger partial charge is 0.233 e. The van der Waals surface area contributed by atoms with Crippen LogP contribution >= 0.6 is 11.8 Å². The molecule has 0 saturated carbocycles. The largest absolute Gasteiger partial charge is 0.396 e. The van der Waals surface area contributed by atoms with Gasteiger partial charge in [-0.1, -0.05) is 36.0 Å². The highest BCUT2D eigenvalue weighted by Crippen LogP contribution is 2.26. The Hall–Kier alpha value is -1.59. The standard InChI is InChI=1S/C16H18N2O2S/c19-10-12-6-8-18(9-12)15(20)11-21-16-14-4-2-1-3-13(14)5-7-17-16/h1-5,7,12,19H,6,8-11H2. The zero-order valence-corrected chi connectivity index (χ0v) is 12.6. The van der Waals surface area contributed by atoms with Crippen molar-refractivity contribution < 1.29 is 9.90 Å². The van der Waals surface area contributed by atoms with Crippen molar-refractivity contribution in [1.82, 2.24) is 9.88 Å². The van der Waals surface area contributed by atoms with Crippen LogP contribution in [0.25, 0.3) is 10.8 Å². The number of rotatable bonds is 4. The van der Waals surface area contributed by atoms with Gasteiger partial charge in [0, 0.05) is 37.2 Å². The minimum Gasteiger partial charge on any atom is -0.396 e. The highest BCUT2D eigenvalue weighted by atomic mass is 32.2. The molecule has 110 valence electrons. The molecule has 1 aromatic heterocycles. The van der Waals surface area contributed by atoms with Gasteiger partial charge in [-0.05, 0) is 17.9 Å². The molecule has 2 aromatic rings. The highest BCUT2D eigenvalue weighted by Gasteiger charge is 2.25. The van der Waals surface area contributed by atoms with Crippen LogP contribution in [0.4, 0.5) is 0 Å². The lowest BCUT2D eigenvalue weighted by molar-refractivity contribution is -0.127. The van der Waals surface area contributed by atoms with Crippen molar-refractivity contribution in [3.8, 4) is 0 Å². The van der Waals surface area contributed by atoms with E-state index >= 15 is 0 Å². The Morgan fingerprint density at radius 1 is 1.38 bits per heavy atom. The van der Waals surface area contributed by atoms with E-state index in [0.29, 0.717) is 12.3 Å². The Labute approximate surface area is 128 Å². The fourth-order valence-corrected chi connectivity index (χ4v) is 3.56. The van der Waals surface area contributed by atoms with E-state index in [4.69, 9.17) is 5.11 Å². The predicted octanol–water partition coefficient (Wildman–Crippen LogP) is 2.17. The Morgan fingerprint density at radius 3 is 3.05 bits per heavy atom. The van der Waals surface area contributed by atoms with E-state index in [1.165, 1.54) is 11.8 Å². The maximum absolute atomic E-state index is 12.2. The second-order valence-corrected chi connectivity index (χ2v) is 6.27. The van der Waals surface area contributed by atoms with Gasteiger partial charge in [0.25, 0.3) is 0 Å². The van der Waals surface area contributed by atoms with Crippen LogP contribution < -0.4 is 0 Å². The zero-order valence-electron chi connectivity index (χ0n) is 11.7. The average Bonchev–Trinajstić information content (AvgIpc) is 3.01. The van der Waals surface area contributed by atoms with Gasteiger partial charge in [-0.15, -0.1) is 0 Å². The molecule has 1 fully saturated rings. The Bertz CT molecular complexity index is 642. The van der Waals surface area contributed by atoms with Crippen LogP contribution in [0, 0.1) is 5.92 Å². The molecule has 1 atom stereocenters. The third-order valence-electron chi connectivity index (χ3n) is 3.87. The summed E-state index contributed by atoms with van der Waals surface area (Å²) in [4.78, 5) is 18.4. The van der Waals surface area contributed by atoms with Crippen molar-refractivity contribution in [2.75, 3.05) is 25.4 Å². The summed E-state index contributed by atoms with van der Waals surface area (Å²) in [6.45, 7) is 1.61. The van der Waals surface area contributed by atoms with E-state index in [1.807, 2.05) is 29.2 Å². The van der Waals surface area contributed by atoms with Gasteiger partial charge in [-0.2, -0.15) is 0 Å². The second kappa shape index (κ2) is 6.45. The Morgan fingerprint density at radius 2 is 2.24 bits per heavy atom. The van der Waals surface area contributed by atoms with Gasteiger partial charge in [0.1, 0.15) is 5.03 Å². The minimum atomic E-state index is 0.130. The molecule has 0 radical (unpaired) electrons. The number of carbonyl (C=O) groups is 1. The summed E-state index contributed by atoms with van der Waals surface area (Å²) in [5, 5.41) is 12.3. The number of likely N-dealkylation sites (tertiary alicyclic amines) is 1. The lowest BCUT2D eigenvalue weighted by atomic mass is 10.1.